The molecule has 1 aromatic carbocycles. The van der Waals surface area contributed by atoms with Crippen LogP contribution in [0.4, 0.5) is 4.39 Å². The van der Waals surface area contributed by atoms with Crippen LogP contribution >= 0.6 is 15.9 Å². The van der Waals surface area contributed by atoms with Crippen LogP contribution in [0.2, 0.25) is 0 Å². The zero-order valence-corrected chi connectivity index (χ0v) is 12.8. The Morgan fingerprint density at radius 1 is 1.53 bits per heavy atom. The van der Waals surface area contributed by atoms with Crippen LogP contribution < -0.4 is 5.32 Å². The standard InChI is InChI=1S/C13H18BrFN2O2/c1-17(2)7-6-16-12(13(18)19-3)9-4-5-11(15)10(14)8-9/h4-5,8,12,16H,6-7H2,1-3H3. The van der Waals surface area contributed by atoms with E-state index in [0.717, 1.165) is 6.54 Å². The SMILES string of the molecule is COC(=O)C(NCCN(C)C)c1ccc(F)c(Br)c1. The Bertz CT molecular complexity index is 441. The van der Waals surface area contributed by atoms with Crippen LogP contribution in [0.1, 0.15) is 11.6 Å². The van der Waals surface area contributed by atoms with Gasteiger partial charge in [-0.05, 0) is 47.7 Å². The maximum Gasteiger partial charge on any atom is 0.327 e. The maximum absolute atomic E-state index is 13.2. The first-order chi connectivity index (χ1) is 8.95. The van der Waals surface area contributed by atoms with E-state index in [4.69, 9.17) is 4.74 Å². The van der Waals surface area contributed by atoms with Gasteiger partial charge in [0.25, 0.3) is 0 Å². The Hall–Kier alpha value is -0.980. The zero-order chi connectivity index (χ0) is 14.4. The minimum Gasteiger partial charge on any atom is -0.468 e. The van der Waals surface area contributed by atoms with Crippen molar-refractivity contribution >= 4 is 21.9 Å². The van der Waals surface area contributed by atoms with Gasteiger partial charge in [-0.3, -0.25) is 5.32 Å². The lowest BCUT2D eigenvalue weighted by atomic mass is 10.1. The molecule has 0 spiro atoms. The second-order valence-corrected chi connectivity index (χ2v) is 5.24. The topological polar surface area (TPSA) is 41.6 Å². The summed E-state index contributed by atoms with van der Waals surface area (Å²) in [5, 5.41) is 3.11. The summed E-state index contributed by atoms with van der Waals surface area (Å²) in [7, 11) is 5.23. The summed E-state index contributed by atoms with van der Waals surface area (Å²) in [6.07, 6.45) is 0. The first-order valence-electron chi connectivity index (χ1n) is 5.86. The van der Waals surface area contributed by atoms with Crippen LogP contribution in [0.15, 0.2) is 22.7 Å². The smallest absolute Gasteiger partial charge is 0.327 e. The van der Waals surface area contributed by atoms with Gasteiger partial charge in [-0.1, -0.05) is 6.07 Å². The first kappa shape index (κ1) is 16.1. The molecule has 6 heteroatoms. The lowest BCUT2D eigenvalue weighted by Gasteiger charge is -2.18. The average molecular weight is 333 g/mol. The van der Waals surface area contributed by atoms with Crippen LogP contribution in [0.25, 0.3) is 0 Å². The summed E-state index contributed by atoms with van der Waals surface area (Å²) in [4.78, 5) is 13.8. The van der Waals surface area contributed by atoms with Gasteiger partial charge in [-0.2, -0.15) is 0 Å². The number of halogens is 2. The van der Waals surface area contributed by atoms with E-state index < -0.39 is 12.0 Å². The van der Waals surface area contributed by atoms with E-state index >= 15 is 0 Å². The zero-order valence-electron chi connectivity index (χ0n) is 11.2. The van der Waals surface area contributed by atoms with Crippen molar-refractivity contribution in [2.24, 2.45) is 0 Å². The van der Waals surface area contributed by atoms with Crippen molar-refractivity contribution in [3.63, 3.8) is 0 Å². The summed E-state index contributed by atoms with van der Waals surface area (Å²) in [6.45, 7) is 1.41. The van der Waals surface area contributed by atoms with Gasteiger partial charge in [0.2, 0.25) is 0 Å². The van der Waals surface area contributed by atoms with Crippen LogP contribution in [0.5, 0.6) is 0 Å². The maximum atomic E-state index is 13.2. The molecule has 0 aliphatic rings. The van der Waals surface area contributed by atoms with Crippen LogP contribution in [-0.2, 0) is 9.53 Å². The predicted octanol–water partition coefficient (Wildman–Crippen LogP) is 1.95. The van der Waals surface area contributed by atoms with Crippen LogP contribution in [0.3, 0.4) is 0 Å². The van der Waals surface area contributed by atoms with Crippen LogP contribution in [0, 0.1) is 5.82 Å². The molecule has 0 aliphatic carbocycles. The molecule has 19 heavy (non-hydrogen) atoms. The third kappa shape index (κ3) is 4.89. The van der Waals surface area contributed by atoms with E-state index in [1.807, 2.05) is 19.0 Å². The molecule has 0 saturated heterocycles. The number of methoxy groups -OCH3 is 1. The quantitative estimate of drug-likeness (QED) is 0.808. The first-order valence-corrected chi connectivity index (χ1v) is 6.66. The fourth-order valence-electron chi connectivity index (χ4n) is 1.58. The van der Waals surface area contributed by atoms with Gasteiger partial charge in [-0.15, -0.1) is 0 Å². The Morgan fingerprint density at radius 2 is 2.21 bits per heavy atom. The fraction of sp³-hybridized carbons (Fsp3) is 0.462. The summed E-state index contributed by atoms with van der Waals surface area (Å²) in [6, 6.07) is 3.88. The molecule has 0 aliphatic heterocycles. The predicted molar refractivity (Wildman–Crippen MR) is 75.4 cm³/mol. The Balaban J connectivity index is 2.83. The van der Waals surface area contributed by atoms with Crippen LogP contribution in [-0.4, -0.2) is 45.2 Å². The van der Waals surface area contributed by atoms with Gasteiger partial charge in [0.05, 0.1) is 11.6 Å². The summed E-state index contributed by atoms with van der Waals surface area (Å²) < 4.78 is 18.3. The van der Waals surface area contributed by atoms with Crippen molar-refractivity contribution in [2.75, 3.05) is 34.3 Å². The van der Waals surface area contributed by atoms with E-state index in [2.05, 4.69) is 21.2 Å². The molecule has 1 aromatic rings. The van der Waals surface area contributed by atoms with Crippen molar-refractivity contribution in [1.82, 2.24) is 10.2 Å². The molecule has 106 valence electrons. The van der Waals surface area contributed by atoms with Gasteiger partial charge in [0, 0.05) is 13.1 Å². The number of carbonyl (C=O) groups is 1. The number of rotatable bonds is 6. The van der Waals surface area contributed by atoms with E-state index in [1.54, 1.807) is 12.1 Å². The highest BCUT2D eigenvalue weighted by Gasteiger charge is 2.21. The van der Waals surface area contributed by atoms with Crippen molar-refractivity contribution in [1.29, 1.82) is 0 Å². The third-order valence-electron chi connectivity index (χ3n) is 2.62. The molecule has 1 atom stereocenters. The molecule has 0 aromatic heterocycles. The highest BCUT2D eigenvalue weighted by Crippen LogP contribution is 2.22. The molecule has 1 N–H and O–H groups in total. The molecule has 0 amide bonds. The van der Waals surface area contributed by atoms with Crippen molar-refractivity contribution in [2.45, 2.75) is 6.04 Å². The van der Waals surface area contributed by atoms with E-state index in [1.165, 1.54) is 13.2 Å². The molecule has 0 heterocycles. The second-order valence-electron chi connectivity index (χ2n) is 4.39. The highest BCUT2D eigenvalue weighted by atomic mass is 79.9. The number of ether oxygens (including phenoxy) is 1. The number of benzene rings is 1. The number of esters is 1. The molecule has 0 bridgehead atoms. The number of hydrogen-bond donors (Lipinski definition) is 1. The van der Waals surface area contributed by atoms with Gasteiger partial charge >= 0.3 is 5.97 Å². The highest BCUT2D eigenvalue weighted by molar-refractivity contribution is 9.10. The van der Waals surface area contributed by atoms with Gasteiger partial charge < -0.3 is 9.64 Å². The fourth-order valence-corrected chi connectivity index (χ4v) is 1.98. The lowest BCUT2D eigenvalue weighted by Crippen LogP contribution is -2.34. The summed E-state index contributed by atoms with van der Waals surface area (Å²) >= 11 is 3.11. The second kappa shape index (κ2) is 7.57. The Kier molecular flexibility index (Phi) is 6.41. The number of nitrogens with zero attached hydrogens (tertiary/aromatic N) is 1. The van der Waals surface area contributed by atoms with Crippen molar-refractivity contribution < 1.29 is 13.9 Å². The summed E-state index contributed by atoms with van der Waals surface area (Å²) in [5.41, 5.74) is 0.666. The number of nitrogens with one attached hydrogen (secondary N) is 1. The molecule has 4 nitrogen and oxygen atoms in total. The average Bonchev–Trinajstić information content (AvgIpc) is 2.37. The van der Waals surface area contributed by atoms with Gasteiger partial charge in [-0.25, -0.2) is 9.18 Å². The molecule has 0 radical (unpaired) electrons. The van der Waals surface area contributed by atoms with E-state index in [0.29, 0.717) is 16.6 Å². The number of carbonyl (C=O) groups excluding carboxylic acids is 1. The van der Waals surface area contributed by atoms with Gasteiger partial charge in [0.15, 0.2) is 0 Å². The number of hydrogen-bond acceptors (Lipinski definition) is 4. The molecule has 1 rings (SSSR count). The Labute approximate surface area is 121 Å². The monoisotopic (exact) mass is 332 g/mol. The van der Waals surface area contributed by atoms with E-state index in [9.17, 15) is 9.18 Å². The lowest BCUT2D eigenvalue weighted by molar-refractivity contribution is -0.143. The van der Waals surface area contributed by atoms with Gasteiger partial charge in [0.1, 0.15) is 11.9 Å². The number of likely N-dealkylation sites (N-methyl/N-ethyl adjacent to an activating group) is 1. The molecular weight excluding hydrogens is 315 g/mol. The van der Waals surface area contributed by atoms with E-state index in [-0.39, 0.29) is 5.82 Å². The third-order valence-corrected chi connectivity index (χ3v) is 3.23. The largest absolute Gasteiger partial charge is 0.468 e. The minimum atomic E-state index is -0.596. The Morgan fingerprint density at radius 3 is 2.74 bits per heavy atom. The van der Waals surface area contributed by atoms with Crippen molar-refractivity contribution in [3.8, 4) is 0 Å². The summed E-state index contributed by atoms with van der Waals surface area (Å²) in [5.74, 6) is -0.752. The molecule has 0 fully saturated rings. The normalized spacial score (nSPS) is 12.5. The minimum absolute atomic E-state index is 0.327. The molecule has 0 saturated carbocycles. The molecular formula is C13H18BrFN2O2. The molecule has 1 unspecified atom stereocenters. The van der Waals surface area contributed by atoms with Crippen molar-refractivity contribution in [3.05, 3.63) is 34.1 Å².